The van der Waals surface area contributed by atoms with Crippen LogP contribution < -0.4 is 0 Å². The highest BCUT2D eigenvalue weighted by Gasteiger charge is 2.54. The number of ether oxygens (including phenoxy) is 1. The lowest BCUT2D eigenvalue weighted by atomic mass is 9.81. The minimum atomic E-state index is -0.308. The van der Waals surface area contributed by atoms with Gasteiger partial charge in [-0.1, -0.05) is 38.0 Å². The van der Waals surface area contributed by atoms with Gasteiger partial charge in [-0.25, -0.2) is 4.79 Å². The monoisotopic (exact) mass is 455 g/mol. The van der Waals surface area contributed by atoms with Crippen LogP contribution in [0.2, 0.25) is 0 Å². The predicted octanol–water partition coefficient (Wildman–Crippen LogP) is 4.77. The minimum Gasteiger partial charge on any atom is -0.440 e. The number of hydrogen-bond donors (Lipinski definition) is 0. The van der Waals surface area contributed by atoms with E-state index in [1.54, 1.807) is 0 Å². The lowest BCUT2D eigenvalue weighted by Gasteiger charge is -2.46. The van der Waals surface area contributed by atoms with Crippen molar-refractivity contribution in [1.82, 2.24) is 14.7 Å². The highest BCUT2D eigenvalue weighted by atomic mass is 16.6. The van der Waals surface area contributed by atoms with Crippen molar-refractivity contribution in [2.75, 3.05) is 32.7 Å². The van der Waals surface area contributed by atoms with Gasteiger partial charge in [0.2, 0.25) is 0 Å². The highest BCUT2D eigenvalue weighted by Crippen LogP contribution is 2.41. The van der Waals surface area contributed by atoms with E-state index in [9.17, 15) is 9.59 Å². The number of likely N-dealkylation sites (tertiary alicyclic amines) is 2. The van der Waals surface area contributed by atoms with Crippen molar-refractivity contribution in [3.63, 3.8) is 0 Å². The van der Waals surface area contributed by atoms with E-state index in [1.165, 1.54) is 0 Å². The fraction of sp³-hybridized carbons (Fsp3) is 0.704. The fourth-order valence-electron chi connectivity index (χ4n) is 6.32. The molecule has 6 heteroatoms. The molecule has 0 aromatic heterocycles. The number of aryl methyl sites for hydroxylation is 2. The number of likely N-dealkylation sites (N-methyl/N-ethyl adjacent to an activating group) is 1. The molecule has 1 aromatic carbocycles. The zero-order valence-electron chi connectivity index (χ0n) is 20.9. The SMILES string of the molecule is CCCCC1N(CC)C(=O)OC12CCN(C1CCN(C(=O)c3c(C)cccc3C)CC1)CC2. The molecule has 4 rings (SSSR count). The number of piperidine rings is 2. The first-order chi connectivity index (χ1) is 15.9. The summed E-state index contributed by atoms with van der Waals surface area (Å²) < 4.78 is 6.07. The summed E-state index contributed by atoms with van der Waals surface area (Å²) in [6.07, 6.45) is 7.07. The third kappa shape index (κ3) is 4.64. The first-order valence-corrected chi connectivity index (χ1v) is 13.0. The Morgan fingerprint density at radius 3 is 2.27 bits per heavy atom. The van der Waals surface area contributed by atoms with E-state index in [4.69, 9.17) is 4.74 Å². The van der Waals surface area contributed by atoms with E-state index in [1.807, 2.05) is 41.8 Å². The van der Waals surface area contributed by atoms with Crippen molar-refractivity contribution in [1.29, 1.82) is 0 Å². The van der Waals surface area contributed by atoms with Gasteiger partial charge in [0.1, 0.15) is 5.60 Å². The number of unbranched alkanes of at least 4 members (excludes halogenated alkanes) is 1. The summed E-state index contributed by atoms with van der Waals surface area (Å²) in [7, 11) is 0. The van der Waals surface area contributed by atoms with Crippen LogP contribution in [0.5, 0.6) is 0 Å². The second kappa shape index (κ2) is 10.0. The number of benzene rings is 1. The van der Waals surface area contributed by atoms with Crippen LogP contribution in [-0.4, -0.2) is 77.1 Å². The highest BCUT2D eigenvalue weighted by molar-refractivity contribution is 5.97. The molecule has 33 heavy (non-hydrogen) atoms. The van der Waals surface area contributed by atoms with Gasteiger partial charge in [-0.15, -0.1) is 0 Å². The Hall–Kier alpha value is -2.08. The quantitative estimate of drug-likeness (QED) is 0.620. The van der Waals surface area contributed by atoms with E-state index in [2.05, 4.69) is 18.7 Å². The average molecular weight is 456 g/mol. The van der Waals surface area contributed by atoms with Crippen molar-refractivity contribution >= 4 is 12.0 Å². The molecule has 3 aliphatic heterocycles. The molecule has 182 valence electrons. The van der Waals surface area contributed by atoms with Crippen molar-refractivity contribution in [3.05, 3.63) is 34.9 Å². The van der Waals surface area contributed by atoms with Crippen LogP contribution in [0.3, 0.4) is 0 Å². The number of carbonyl (C=O) groups excluding carboxylic acids is 2. The van der Waals surface area contributed by atoms with Gasteiger partial charge in [0.25, 0.3) is 5.91 Å². The molecular weight excluding hydrogens is 414 g/mol. The third-order valence-corrected chi connectivity index (χ3v) is 8.29. The number of carbonyl (C=O) groups is 2. The minimum absolute atomic E-state index is 0.120. The van der Waals surface area contributed by atoms with Crippen LogP contribution in [0.4, 0.5) is 4.79 Å². The molecule has 0 N–H and O–H groups in total. The van der Waals surface area contributed by atoms with Crippen LogP contribution in [0.1, 0.15) is 80.3 Å². The molecule has 0 radical (unpaired) electrons. The maximum Gasteiger partial charge on any atom is 0.410 e. The van der Waals surface area contributed by atoms with Crippen LogP contribution in [0.15, 0.2) is 18.2 Å². The molecule has 3 heterocycles. The zero-order chi connectivity index (χ0) is 23.6. The normalized spacial score (nSPS) is 23.9. The van der Waals surface area contributed by atoms with Gasteiger partial charge in [-0.05, 0) is 51.2 Å². The average Bonchev–Trinajstić information content (AvgIpc) is 3.07. The van der Waals surface area contributed by atoms with E-state index < -0.39 is 0 Å². The van der Waals surface area contributed by atoms with E-state index in [-0.39, 0.29) is 23.6 Å². The van der Waals surface area contributed by atoms with Gasteiger partial charge in [0.15, 0.2) is 0 Å². The van der Waals surface area contributed by atoms with E-state index >= 15 is 0 Å². The maximum absolute atomic E-state index is 13.2. The largest absolute Gasteiger partial charge is 0.440 e. The van der Waals surface area contributed by atoms with Crippen molar-refractivity contribution in [2.24, 2.45) is 0 Å². The fourth-order valence-corrected chi connectivity index (χ4v) is 6.32. The third-order valence-electron chi connectivity index (χ3n) is 8.29. The molecule has 3 fully saturated rings. The first kappa shape index (κ1) is 24.1. The van der Waals surface area contributed by atoms with E-state index in [0.29, 0.717) is 6.04 Å². The summed E-state index contributed by atoms with van der Waals surface area (Å²) in [5, 5.41) is 0. The Bertz CT molecular complexity index is 834. The van der Waals surface area contributed by atoms with Gasteiger partial charge in [0.05, 0.1) is 6.04 Å². The first-order valence-electron chi connectivity index (χ1n) is 13.0. The Morgan fingerprint density at radius 1 is 1.06 bits per heavy atom. The molecule has 1 spiro atoms. The topological polar surface area (TPSA) is 53.1 Å². The molecule has 0 saturated carbocycles. The van der Waals surface area contributed by atoms with E-state index in [0.717, 1.165) is 94.4 Å². The van der Waals surface area contributed by atoms with Crippen LogP contribution in [0, 0.1) is 13.8 Å². The Kier molecular flexibility index (Phi) is 7.32. The summed E-state index contributed by atoms with van der Waals surface area (Å²) in [6, 6.07) is 6.80. The lowest BCUT2D eigenvalue weighted by Crippen LogP contribution is -2.56. The smallest absolute Gasteiger partial charge is 0.410 e. The number of hydrogen-bond acceptors (Lipinski definition) is 4. The summed E-state index contributed by atoms with van der Waals surface area (Å²) in [5.41, 5.74) is 2.69. The van der Waals surface area contributed by atoms with Crippen LogP contribution >= 0.6 is 0 Å². The number of nitrogens with zero attached hydrogens (tertiary/aromatic N) is 3. The lowest BCUT2D eigenvalue weighted by molar-refractivity contribution is -0.0380. The van der Waals surface area contributed by atoms with Crippen molar-refractivity contribution < 1.29 is 14.3 Å². The standard InChI is InChI=1S/C27H41N3O3/c1-5-7-11-23-27(33-26(32)30(23)6-2)14-18-28(19-15-27)22-12-16-29(17-13-22)25(31)24-20(3)9-8-10-21(24)4/h8-10,22-23H,5-7,11-19H2,1-4H3. The maximum atomic E-state index is 13.2. The molecule has 6 nitrogen and oxygen atoms in total. The molecule has 1 unspecified atom stereocenters. The molecule has 3 aliphatic rings. The number of rotatable bonds is 6. The van der Waals surface area contributed by atoms with Gasteiger partial charge in [-0.2, -0.15) is 0 Å². The summed E-state index contributed by atoms with van der Waals surface area (Å²) in [4.78, 5) is 32.3. The molecule has 0 bridgehead atoms. The Balaban J connectivity index is 1.34. The second-order valence-electron chi connectivity index (χ2n) is 10.2. The number of amides is 2. The van der Waals surface area contributed by atoms with Crippen LogP contribution in [0.25, 0.3) is 0 Å². The second-order valence-corrected chi connectivity index (χ2v) is 10.2. The van der Waals surface area contributed by atoms with Gasteiger partial charge < -0.3 is 14.5 Å². The van der Waals surface area contributed by atoms with Crippen molar-refractivity contribution in [3.8, 4) is 0 Å². The Morgan fingerprint density at radius 2 is 1.70 bits per heavy atom. The van der Waals surface area contributed by atoms with Crippen molar-refractivity contribution in [2.45, 2.75) is 90.3 Å². The van der Waals surface area contributed by atoms with Gasteiger partial charge in [0, 0.05) is 57.2 Å². The van der Waals surface area contributed by atoms with Gasteiger partial charge in [-0.3, -0.25) is 9.69 Å². The molecule has 1 atom stereocenters. The molecule has 3 saturated heterocycles. The van der Waals surface area contributed by atoms with Gasteiger partial charge >= 0.3 is 6.09 Å². The molecule has 2 amide bonds. The Labute approximate surface area is 199 Å². The molecule has 1 aromatic rings. The predicted molar refractivity (Wildman–Crippen MR) is 131 cm³/mol. The zero-order valence-corrected chi connectivity index (χ0v) is 20.9. The van der Waals surface area contributed by atoms with Crippen LogP contribution in [-0.2, 0) is 4.74 Å². The summed E-state index contributed by atoms with van der Waals surface area (Å²) in [6.45, 7) is 12.6. The molecule has 0 aliphatic carbocycles. The summed E-state index contributed by atoms with van der Waals surface area (Å²) in [5.74, 6) is 0.179. The summed E-state index contributed by atoms with van der Waals surface area (Å²) >= 11 is 0. The molecular formula is C27H41N3O3.